The maximum absolute atomic E-state index is 12.0. The van der Waals surface area contributed by atoms with Gasteiger partial charge in [-0.3, -0.25) is 4.90 Å². The lowest BCUT2D eigenvalue weighted by Gasteiger charge is -2.41. The third-order valence-corrected chi connectivity index (χ3v) is 4.47. The van der Waals surface area contributed by atoms with Gasteiger partial charge in [-0.1, -0.05) is 26.7 Å². The molecule has 0 spiro atoms. The van der Waals surface area contributed by atoms with Crippen LogP contribution < -0.4 is 5.32 Å². The third kappa shape index (κ3) is 6.99. The van der Waals surface area contributed by atoms with E-state index >= 15 is 0 Å². The summed E-state index contributed by atoms with van der Waals surface area (Å²) in [5, 5.41) is 3.09. The summed E-state index contributed by atoms with van der Waals surface area (Å²) in [5.41, 5.74) is -0.434. The lowest BCUT2D eigenvalue weighted by atomic mass is 9.89. The number of unbranched alkanes of at least 4 members (excludes halogenated alkanes) is 1. The Morgan fingerprint density at radius 2 is 2.00 bits per heavy atom. The van der Waals surface area contributed by atoms with Gasteiger partial charge in [0.15, 0.2) is 0 Å². The monoisotopic (exact) mass is 312 g/mol. The predicted octanol–water partition coefficient (Wildman–Crippen LogP) is 4.19. The number of piperidine rings is 1. The molecule has 1 aliphatic rings. The molecule has 0 aromatic rings. The van der Waals surface area contributed by atoms with Gasteiger partial charge in [-0.15, -0.1) is 0 Å². The van der Waals surface area contributed by atoms with E-state index < -0.39 is 5.60 Å². The van der Waals surface area contributed by atoms with Crippen LogP contribution >= 0.6 is 0 Å². The summed E-state index contributed by atoms with van der Waals surface area (Å²) in [6, 6.07) is 0.784. The van der Waals surface area contributed by atoms with Gasteiger partial charge in [-0.25, -0.2) is 4.79 Å². The van der Waals surface area contributed by atoms with E-state index in [1.807, 2.05) is 20.8 Å². The smallest absolute Gasteiger partial charge is 0.407 e. The van der Waals surface area contributed by atoms with E-state index in [0.29, 0.717) is 12.0 Å². The summed E-state index contributed by atoms with van der Waals surface area (Å²) in [5.74, 6) is 0.683. The predicted molar refractivity (Wildman–Crippen MR) is 92.1 cm³/mol. The van der Waals surface area contributed by atoms with Gasteiger partial charge < -0.3 is 10.1 Å². The number of rotatable bonds is 6. The molecule has 0 bridgehead atoms. The van der Waals surface area contributed by atoms with Gasteiger partial charge in [0, 0.05) is 25.2 Å². The molecule has 1 heterocycles. The Hall–Kier alpha value is -0.770. The fourth-order valence-electron chi connectivity index (χ4n) is 3.14. The second kappa shape index (κ2) is 8.76. The lowest BCUT2D eigenvalue weighted by molar-refractivity contribution is 0.0413. The van der Waals surface area contributed by atoms with Gasteiger partial charge in [0.2, 0.25) is 0 Å². The quantitative estimate of drug-likeness (QED) is 0.799. The average molecular weight is 312 g/mol. The first-order chi connectivity index (χ1) is 10.2. The van der Waals surface area contributed by atoms with Crippen LogP contribution in [0.25, 0.3) is 0 Å². The minimum Gasteiger partial charge on any atom is -0.444 e. The van der Waals surface area contributed by atoms with Crippen molar-refractivity contribution in [1.29, 1.82) is 0 Å². The molecule has 0 radical (unpaired) electrons. The number of amides is 1. The van der Waals surface area contributed by atoms with Crippen molar-refractivity contribution in [3.63, 3.8) is 0 Å². The van der Waals surface area contributed by atoms with Crippen molar-refractivity contribution in [1.82, 2.24) is 10.2 Å². The Morgan fingerprint density at radius 3 is 2.55 bits per heavy atom. The van der Waals surface area contributed by atoms with Gasteiger partial charge >= 0.3 is 6.09 Å². The number of carbonyl (C=O) groups is 1. The van der Waals surface area contributed by atoms with Gasteiger partial charge in [0.1, 0.15) is 5.60 Å². The van der Waals surface area contributed by atoms with E-state index in [0.717, 1.165) is 19.4 Å². The number of carbonyl (C=O) groups excluding carboxylic acids is 1. The van der Waals surface area contributed by atoms with Crippen LogP contribution in [0.2, 0.25) is 0 Å². The molecule has 0 aromatic carbocycles. The van der Waals surface area contributed by atoms with Crippen molar-refractivity contribution in [3.05, 3.63) is 0 Å². The van der Waals surface area contributed by atoms with E-state index in [9.17, 15) is 4.79 Å². The summed E-state index contributed by atoms with van der Waals surface area (Å²) in [6.45, 7) is 14.6. The Morgan fingerprint density at radius 1 is 1.32 bits per heavy atom. The SMILES string of the molecule is CCCCC1CC(NC(=O)OC(C)(C)C)CN(C(C)CC)C1. The van der Waals surface area contributed by atoms with Crippen molar-refractivity contribution < 1.29 is 9.53 Å². The van der Waals surface area contributed by atoms with Crippen molar-refractivity contribution in [3.8, 4) is 0 Å². The molecule has 0 aliphatic carbocycles. The molecule has 1 amide bonds. The Balaban J connectivity index is 2.61. The molecule has 1 aliphatic heterocycles. The van der Waals surface area contributed by atoms with Crippen LogP contribution in [0, 0.1) is 5.92 Å². The molecule has 1 fully saturated rings. The van der Waals surface area contributed by atoms with Crippen LogP contribution in [0.4, 0.5) is 4.79 Å². The molecule has 1 rings (SSSR count). The highest BCUT2D eigenvalue weighted by Crippen LogP contribution is 2.24. The van der Waals surface area contributed by atoms with Crippen molar-refractivity contribution >= 4 is 6.09 Å². The Bertz CT molecular complexity index is 338. The normalized spacial score (nSPS) is 24.8. The second-order valence-corrected chi connectivity index (χ2v) is 7.80. The van der Waals surface area contributed by atoms with Crippen LogP contribution in [-0.4, -0.2) is 41.8 Å². The van der Waals surface area contributed by atoms with E-state index in [2.05, 4.69) is 31.0 Å². The van der Waals surface area contributed by atoms with Crippen molar-refractivity contribution in [2.75, 3.05) is 13.1 Å². The molecule has 4 heteroatoms. The van der Waals surface area contributed by atoms with Gasteiger partial charge in [0.25, 0.3) is 0 Å². The van der Waals surface area contributed by atoms with E-state index in [1.54, 1.807) is 0 Å². The van der Waals surface area contributed by atoms with Gasteiger partial charge in [-0.2, -0.15) is 0 Å². The fraction of sp³-hybridized carbons (Fsp3) is 0.944. The number of hydrogen-bond donors (Lipinski definition) is 1. The molecule has 0 aromatic heterocycles. The van der Waals surface area contributed by atoms with Gasteiger partial charge in [-0.05, 0) is 52.9 Å². The van der Waals surface area contributed by atoms with Crippen LogP contribution in [-0.2, 0) is 4.74 Å². The van der Waals surface area contributed by atoms with Crippen LogP contribution in [0.1, 0.15) is 73.6 Å². The Labute approximate surface area is 137 Å². The van der Waals surface area contributed by atoms with Crippen LogP contribution in [0.5, 0.6) is 0 Å². The molecule has 3 atom stereocenters. The molecule has 1 saturated heterocycles. The van der Waals surface area contributed by atoms with Gasteiger partial charge in [0.05, 0.1) is 0 Å². The van der Waals surface area contributed by atoms with E-state index in [4.69, 9.17) is 4.74 Å². The Kier molecular flexibility index (Phi) is 7.67. The number of nitrogens with one attached hydrogen (secondary N) is 1. The third-order valence-electron chi connectivity index (χ3n) is 4.47. The highest BCUT2D eigenvalue weighted by Gasteiger charge is 2.30. The number of nitrogens with zero attached hydrogens (tertiary/aromatic N) is 1. The van der Waals surface area contributed by atoms with Crippen LogP contribution in [0.15, 0.2) is 0 Å². The standard InChI is InChI=1S/C18H36N2O2/c1-7-9-10-15-11-16(13-20(12-15)14(3)8-2)19-17(21)22-18(4,5)6/h14-16H,7-13H2,1-6H3,(H,19,21). The summed E-state index contributed by atoms with van der Waals surface area (Å²) >= 11 is 0. The molecular weight excluding hydrogens is 276 g/mol. The minimum atomic E-state index is -0.434. The number of hydrogen-bond acceptors (Lipinski definition) is 3. The maximum Gasteiger partial charge on any atom is 0.407 e. The number of alkyl carbamates (subject to hydrolysis) is 1. The van der Waals surface area contributed by atoms with E-state index in [1.165, 1.54) is 25.8 Å². The summed E-state index contributed by atoms with van der Waals surface area (Å²) < 4.78 is 5.41. The zero-order valence-electron chi connectivity index (χ0n) is 15.4. The van der Waals surface area contributed by atoms with Crippen LogP contribution in [0.3, 0.4) is 0 Å². The molecule has 130 valence electrons. The average Bonchev–Trinajstić information content (AvgIpc) is 2.41. The van der Waals surface area contributed by atoms with Crippen molar-refractivity contribution in [2.45, 2.75) is 91.3 Å². The molecule has 1 N–H and O–H groups in total. The first-order valence-electron chi connectivity index (χ1n) is 8.98. The summed E-state index contributed by atoms with van der Waals surface area (Å²) in [6.07, 6.45) is 5.72. The number of ether oxygens (including phenoxy) is 1. The molecule has 3 unspecified atom stereocenters. The minimum absolute atomic E-state index is 0.208. The molecular formula is C18H36N2O2. The maximum atomic E-state index is 12.0. The highest BCUT2D eigenvalue weighted by molar-refractivity contribution is 5.68. The molecule has 22 heavy (non-hydrogen) atoms. The topological polar surface area (TPSA) is 41.6 Å². The fourth-order valence-corrected chi connectivity index (χ4v) is 3.14. The first-order valence-corrected chi connectivity index (χ1v) is 8.98. The molecule has 0 saturated carbocycles. The highest BCUT2D eigenvalue weighted by atomic mass is 16.6. The summed E-state index contributed by atoms with van der Waals surface area (Å²) in [7, 11) is 0. The van der Waals surface area contributed by atoms with Crippen molar-refractivity contribution in [2.24, 2.45) is 5.92 Å². The lowest BCUT2D eigenvalue weighted by Crippen LogP contribution is -2.53. The molecule has 4 nitrogen and oxygen atoms in total. The number of likely N-dealkylation sites (tertiary alicyclic amines) is 1. The van der Waals surface area contributed by atoms with E-state index in [-0.39, 0.29) is 12.1 Å². The summed E-state index contributed by atoms with van der Waals surface area (Å²) in [4.78, 5) is 14.6. The second-order valence-electron chi connectivity index (χ2n) is 7.80. The first kappa shape index (κ1) is 19.3. The zero-order valence-corrected chi connectivity index (χ0v) is 15.4. The zero-order chi connectivity index (χ0) is 16.8. The largest absolute Gasteiger partial charge is 0.444 e.